The van der Waals surface area contributed by atoms with Crippen LogP contribution in [0.2, 0.25) is 5.02 Å². The number of carbonyl (C=O) groups is 2. The molecule has 4 rings (SSSR count). The Hall–Kier alpha value is -2.68. The lowest BCUT2D eigenvalue weighted by atomic mass is 9.99. The van der Waals surface area contributed by atoms with Gasteiger partial charge < -0.3 is 25.2 Å². The van der Waals surface area contributed by atoms with Gasteiger partial charge in [-0.05, 0) is 54.9 Å². The van der Waals surface area contributed by atoms with Gasteiger partial charge in [-0.15, -0.1) is 0 Å². The van der Waals surface area contributed by atoms with E-state index in [2.05, 4.69) is 22.6 Å². The van der Waals surface area contributed by atoms with Gasteiger partial charge in [0.1, 0.15) is 11.9 Å². The number of nitrogens with zero attached hydrogens (tertiary/aromatic N) is 2. The van der Waals surface area contributed by atoms with E-state index in [1.165, 1.54) is 28.2 Å². The van der Waals surface area contributed by atoms with Crippen LogP contribution < -0.4 is 10.6 Å². The Bertz CT molecular complexity index is 1030. The second kappa shape index (κ2) is 9.44. The molecule has 0 saturated carbocycles. The van der Waals surface area contributed by atoms with E-state index in [-0.39, 0.29) is 29.3 Å². The van der Waals surface area contributed by atoms with Crippen molar-refractivity contribution >= 4 is 34.9 Å². The van der Waals surface area contributed by atoms with E-state index < -0.39 is 17.9 Å². The summed E-state index contributed by atoms with van der Waals surface area (Å²) in [6.45, 7) is 2.12. The first-order valence-electron chi connectivity index (χ1n) is 10.5. The minimum Gasteiger partial charge on any atom is -0.380 e. The number of rotatable bonds is 4. The van der Waals surface area contributed by atoms with Crippen LogP contribution in [0.15, 0.2) is 36.4 Å². The molecule has 2 N–H and O–H groups in total. The van der Waals surface area contributed by atoms with Gasteiger partial charge in [0.25, 0.3) is 0 Å². The molecule has 32 heavy (non-hydrogen) atoms. The number of urea groups is 1. The van der Waals surface area contributed by atoms with Crippen LogP contribution in [0, 0.1) is 5.82 Å². The van der Waals surface area contributed by atoms with Crippen LogP contribution in [0.3, 0.4) is 0 Å². The molecule has 1 unspecified atom stereocenters. The number of likely N-dealkylation sites (tertiary alicyclic amines) is 1. The number of hydrogen-bond acceptors (Lipinski definition) is 4. The Balaban J connectivity index is 1.47. The quantitative estimate of drug-likeness (QED) is 0.729. The first-order chi connectivity index (χ1) is 15.3. The van der Waals surface area contributed by atoms with Crippen molar-refractivity contribution in [2.24, 2.45) is 0 Å². The number of hydrogen-bond donors (Lipinski definition) is 2. The molecule has 1 saturated heterocycles. The average Bonchev–Trinajstić information content (AvgIpc) is 3.21. The Labute approximate surface area is 191 Å². The van der Waals surface area contributed by atoms with Crippen molar-refractivity contribution in [2.75, 3.05) is 37.9 Å². The third kappa shape index (κ3) is 4.87. The molecule has 3 amide bonds. The van der Waals surface area contributed by atoms with E-state index in [0.29, 0.717) is 12.1 Å². The maximum absolute atomic E-state index is 13.7. The lowest BCUT2D eigenvalue weighted by Gasteiger charge is -2.26. The first kappa shape index (κ1) is 22.5. The molecule has 0 aromatic heterocycles. The molecule has 1 fully saturated rings. The Kier molecular flexibility index (Phi) is 6.64. The van der Waals surface area contributed by atoms with E-state index in [4.69, 9.17) is 16.3 Å². The molecule has 2 aromatic rings. The van der Waals surface area contributed by atoms with E-state index >= 15 is 0 Å². The molecular formula is C23H26ClFN4O3. The number of halogens is 2. The Morgan fingerprint density at radius 1 is 1.12 bits per heavy atom. The molecule has 2 aliphatic heterocycles. The number of likely N-dealkylation sites (N-methyl/N-ethyl adjacent to an activating group) is 1. The van der Waals surface area contributed by atoms with Crippen LogP contribution in [0.1, 0.15) is 17.5 Å². The smallest absolute Gasteiger partial charge is 0.322 e. The third-order valence-electron chi connectivity index (χ3n) is 6.01. The lowest BCUT2D eigenvalue weighted by Crippen LogP contribution is -2.45. The zero-order valence-electron chi connectivity index (χ0n) is 18.0. The minimum atomic E-state index is -0.709. The predicted molar refractivity (Wildman–Crippen MR) is 121 cm³/mol. The average molecular weight is 461 g/mol. The summed E-state index contributed by atoms with van der Waals surface area (Å²) in [7, 11) is 3.64. The van der Waals surface area contributed by atoms with Crippen molar-refractivity contribution in [3.05, 3.63) is 58.4 Å². The molecule has 170 valence electrons. The number of benzene rings is 2. The zero-order chi connectivity index (χ0) is 22.8. The standard InChI is InChI=1S/C23H26ClFN4O3/c1-28-8-7-14-9-16(4-3-15(14)12-28)26-22(30)21-11-18(32-2)13-29(21)23(31)27-17-5-6-19(24)20(25)10-17/h3-6,9-10,18,21H,7-8,11-13H2,1-2H3,(H,26,30)(H,27,31)/t18?,21-/m1/s1. The maximum Gasteiger partial charge on any atom is 0.322 e. The molecule has 2 atom stereocenters. The summed E-state index contributed by atoms with van der Waals surface area (Å²) in [6.07, 6.45) is 1.04. The highest BCUT2D eigenvalue weighted by atomic mass is 35.5. The van der Waals surface area contributed by atoms with E-state index in [0.717, 1.165) is 25.6 Å². The predicted octanol–water partition coefficient (Wildman–Crippen LogP) is 3.73. The molecule has 0 spiro atoms. The van der Waals surface area contributed by atoms with Crippen molar-refractivity contribution in [3.63, 3.8) is 0 Å². The van der Waals surface area contributed by atoms with Crippen LogP contribution in [-0.2, 0) is 22.5 Å². The van der Waals surface area contributed by atoms with E-state index in [1.54, 1.807) is 7.11 Å². The molecule has 0 bridgehead atoms. The molecular weight excluding hydrogens is 435 g/mol. The van der Waals surface area contributed by atoms with Gasteiger partial charge in [0.05, 0.1) is 11.1 Å². The lowest BCUT2D eigenvalue weighted by molar-refractivity contribution is -0.119. The monoisotopic (exact) mass is 460 g/mol. The van der Waals surface area contributed by atoms with Gasteiger partial charge in [0, 0.05) is 44.5 Å². The van der Waals surface area contributed by atoms with Gasteiger partial charge in [-0.25, -0.2) is 9.18 Å². The van der Waals surface area contributed by atoms with Crippen LogP contribution in [0.5, 0.6) is 0 Å². The molecule has 2 heterocycles. The Morgan fingerprint density at radius 3 is 2.62 bits per heavy atom. The van der Waals surface area contributed by atoms with Gasteiger partial charge in [0.15, 0.2) is 0 Å². The summed E-state index contributed by atoms with van der Waals surface area (Å²) in [5.41, 5.74) is 3.45. The number of amides is 3. The second-order valence-corrected chi connectivity index (χ2v) is 8.69. The van der Waals surface area contributed by atoms with E-state index in [1.807, 2.05) is 18.2 Å². The van der Waals surface area contributed by atoms with Gasteiger partial charge >= 0.3 is 6.03 Å². The van der Waals surface area contributed by atoms with Crippen molar-refractivity contribution in [3.8, 4) is 0 Å². The SMILES string of the molecule is COC1C[C@H](C(=O)Nc2ccc3c(c2)CCN(C)C3)N(C(=O)Nc2ccc(Cl)c(F)c2)C1. The number of methoxy groups -OCH3 is 1. The number of ether oxygens (including phenoxy) is 1. The van der Waals surface area contributed by atoms with Crippen LogP contribution in [-0.4, -0.2) is 61.1 Å². The second-order valence-electron chi connectivity index (χ2n) is 8.28. The van der Waals surface area contributed by atoms with Crippen molar-refractivity contribution in [1.82, 2.24) is 9.80 Å². The fourth-order valence-corrected chi connectivity index (χ4v) is 4.33. The molecule has 2 aromatic carbocycles. The Morgan fingerprint density at radius 2 is 1.88 bits per heavy atom. The van der Waals surface area contributed by atoms with Gasteiger partial charge in [-0.3, -0.25) is 4.79 Å². The first-order valence-corrected chi connectivity index (χ1v) is 10.9. The summed E-state index contributed by atoms with van der Waals surface area (Å²) < 4.78 is 19.1. The number of anilines is 2. The summed E-state index contributed by atoms with van der Waals surface area (Å²) in [5.74, 6) is -0.914. The van der Waals surface area contributed by atoms with Crippen molar-refractivity contribution < 1.29 is 18.7 Å². The molecule has 7 nitrogen and oxygen atoms in total. The van der Waals surface area contributed by atoms with Crippen LogP contribution >= 0.6 is 11.6 Å². The highest BCUT2D eigenvalue weighted by Crippen LogP contribution is 2.26. The van der Waals surface area contributed by atoms with Gasteiger partial charge in [0.2, 0.25) is 5.91 Å². The van der Waals surface area contributed by atoms with Crippen LogP contribution in [0.25, 0.3) is 0 Å². The number of carbonyl (C=O) groups excluding carboxylic acids is 2. The fraction of sp³-hybridized carbons (Fsp3) is 0.391. The van der Waals surface area contributed by atoms with Crippen LogP contribution in [0.4, 0.5) is 20.6 Å². The van der Waals surface area contributed by atoms with E-state index in [9.17, 15) is 14.0 Å². The summed E-state index contributed by atoms with van der Waals surface area (Å²) >= 11 is 5.71. The highest BCUT2D eigenvalue weighted by molar-refractivity contribution is 6.30. The topological polar surface area (TPSA) is 73.9 Å². The number of fused-ring (bicyclic) bond motifs is 1. The normalized spacial score (nSPS) is 20.7. The van der Waals surface area contributed by atoms with Crippen molar-refractivity contribution in [1.29, 1.82) is 0 Å². The van der Waals surface area contributed by atoms with Gasteiger partial charge in [-0.2, -0.15) is 0 Å². The largest absolute Gasteiger partial charge is 0.380 e. The van der Waals surface area contributed by atoms with Crippen molar-refractivity contribution in [2.45, 2.75) is 31.5 Å². The molecule has 9 heteroatoms. The summed E-state index contributed by atoms with van der Waals surface area (Å²) in [5, 5.41) is 5.56. The fourth-order valence-electron chi connectivity index (χ4n) is 4.21. The summed E-state index contributed by atoms with van der Waals surface area (Å²) in [4.78, 5) is 29.6. The number of nitrogens with one attached hydrogen (secondary N) is 2. The molecule has 2 aliphatic rings. The third-order valence-corrected chi connectivity index (χ3v) is 6.31. The molecule has 0 radical (unpaired) electrons. The zero-order valence-corrected chi connectivity index (χ0v) is 18.8. The minimum absolute atomic E-state index is 0.0300. The van der Waals surface area contributed by atoms with Gasteiger partial charge in [-0.1, -0.05) is 17.7 Å². The molecule has 0 aliphatic carbocycles. The maximum atomic E-state index is 13.7. The summed E-state index contributed by atoms with van der Waals surface area (Å²) in [6, 6.07) is 8.73. The highest BCUT2D eigenvalue weighted by Gasteiger charge is 2.40.